The first-order valence-corrected chi connectivity index (χ1v) is 11.1. The number of hydrogen-bond donors (Lipinski definition) is 2. The first-order chi connectivity index (χ1) is 15.1. The van der Waals surface area contributed by atoms with Crippen molar-refractivity contribution >= 4 is 28.3 Å². The van der Waals surface area contributed by atoms with Crippen LogP contribution in [0.2, 0.25) is 0 Å². The number of benzene rings is 1. The van der Waals surface area contributed by atoms with E-state index in [0.717, 1.165) is 42.3 Å². The molecule has 32 heavy (non-hydrogen) atoms. The molecule has 1 aromatic carbocycles. The predicted molar refractivity (Wildman–Crippen MR) is 124 cm³/mol. The number of aryl methyl sites for hydroxylation is 1. The molecule has 2 N–H and O–H groups in total. The van der Waals surface area contributed by atoms with Gasteiger partial charge in [-0.2, -0.15) is 5.10 Å². The summed E-state index contributed by atoms with van der Waals surface area (Å²) in [6, 6.07) is 9.25. The van der Waals surface area contributed by atoms with E-state index < -0.39 is 5.60 Å². The van der Waals surface area contributed by atoms with Crippen molar-refractivity contribution in [2.24, 2.45) is 5.92 Å². The summed E-state index contributed by atoms with van der Waals surface area (Å²) in [6.07, 6.45) is 5.59. The summed E-state index contributed by atoms with van der Waals surface area (Å²) in [7, 11) is 0. The molecule has 3 aromatic rings. The molecule has 7 nitrogen and oxygen atoms in total. The van der Waals surface area contributed by atoms with E-state index in [9.17, 15) is 14.7 Å². The largest absolute Gasteiger partial charge is 0.386 e. The van der Waals surface area contributed by atoms with E-state index in [-0.39, 0.29) is 23.7 Å². The number of nitrogens with zero attached hydrogens (tertiary/aromatic N) is 3. The van der Waals surface area contributed by atoms with Crippen LogP contribution >= 0.6 is 0 Å². The standard InChI is InChI=1S/C25H30N4O3/c1-15-6-5-7-21(26-15)24(31)27-23-12-18-14-29(19-10-8-17(9-11-19)16(2)30)28-22(18)13-20(23)25(3,4)32/h5-7,12-14,17,19,32H,8-11H2,1-4H3,(H,27,31)/t17-,19-. The second-order valence-electron chi connectivity index (χ2n) is 9.36. The number of fused-ring (bicyclic) bond motifs is 1. The Labute approximate surface area is 187 Å². The Balaban J connectivity index is 1.65. The Bertz CT molecular complexity index is 1170. The normalized spacial score (nSPS) is 19.2. The zero-order valence-corrected chi connectivity index (χ0v) is 19.1. The second-order valence-corrected chi connectivity index (χ2v) is 9.36. The number of anilines is 1. The van der Waals surface area contributed by atoms with Gasteiger partial charge in [0.05, 0.1) is 17.2 Å². The fraction of sp³-hybridized carbons (Fsp3) is 0.440. The lowest BCUT2D eigenvalue weighted by Crippen LogP contribution is -2.22. The van der Waals surface area contributed by atoms with Gasteiger partial charge in [-0.1, -0.05) is 6.07 Å². The van der Waals surface area contributed by atoms with Gasteiger partial charge < -0.3 is 10.4 Å². The Morgan fingerprint density at radius 1 is 1.16 bits per heavy atom. The van der Waals surface area contributed by atoms with Crippen LogP contribution in [0.1, 0.15) is 74.2 Å². The third kappa shape index (κ3) is 4.58. The van der Waals surface area contributed by atoms with Crippen LogP contribution in [0.25, 0.3) is 10.9 Å². The van der Waals surface area contributed by atoms with Gasteiger partial charge in [0.15, 0.2) is 0 Å². The molecular weight excluding hydrogens is 404 g/mol. The molecule has 0 atom stereocenters. The number of pyridine rings is 1. The highest BCUT2D eigenvalue weighted by atomic mass is 16.3. The Morgan fingerprint density at radius 2 is 1.88 bits per heavy atom. The van der Waals surface area contributed by atoms with Crippen LogP contribution in [0.15, 0.2) is 36.5 Å². The zero-order valence-electron chi connectivity index (χ0n) is 19.1. The Kier molecular flexibility index (Phi) is 5.86. The first kappa shape index (κ1) is 22.1. The highest BCUT2D eigenvalue weighted by Crippen LogP contribution is 2.35. The van der Waals surface area contributed by atoms with Crippen LogP contribution in [-0.2, 0) is 10.4 Å². The first-order valence-electron chi connectivity index (χ1n) is 11.1. The number of amides is 1. The van der Waals surface area contributed by atoms with Gasteiger partial charge in [0, 0.05) is 34.4 Å². The molecule has 1 saturated carbocycles. The topological polar surface area (TPSA) is 97.1 Å². The summed E-state index contributed by atoms with van der Waals surface area (Å²) in [4.78, 5) is 28.8. The molecule has 168 valence electrons. The molecule has 1 amide bonds. The summed E-state index contributed by atoms with van der Waals surface area (Å²) in [6.45, 7) is 6.89. The van der Waals surface area contributed by atoms with Gasteiger partial charge in [0.2, 0.25) is 0 Å². The quantitative estimate of drug-likeness (QED) is 0.614. The molecule has 7 heteroatoms. The Morgan fingerprint density at radius 3 is 2.50 bits per heavy atom. The number of aliphatic hydroxyl groups is 1. The second kappa shape index (κ2) is 8.47. The van der Waals surface area contributed by atoms with Crippen molar-refractivity contribution in [2.75, 3.05) is 5.32 Å². The SMILES string of the molecule is Cc1cccc(C(=O)Nc2cc3cn([C@H]4CC[C@H](C(C)=O)CC4)nc3cc2C(C)(C)O)n1. The zero-order chi connectivity index (χ0) is 23.0. The molecular formula is C25H30N4O3. The summed E-state index contributed by atoms with van der Waals surface area (Å²) in [5.74, 6) is 0.107. The van der Waals surface area contributed by atoms with Crippen LogP contribution in [-0.4, -0.2) is 31.6 Å². The number of rotatable bonds is 5. The maximum Gasteiger partial charge on any atom is 0.274 e. The maximum absolute atomic E-state index is 12.8. The van der Waals surface area contributed by atoms with E-state index in [1.807, 2.05) is 36.0 Å². The summed E-state index contributed by atoms with van der Waals surface area (Å²) >= 11 is 0. The molecule has 0 aliphatic heterocycles. The van der Waals surface area contributed by atoms with Crippen LogP contribution < -0.4 is 5.32 Å². The monoisotopic (exact) mass is 434 g/mol. The van der Waals surface area contributed by atoms with E-state index in [2.05, 4.69) is 10.3 Å². The van der Waals surface area contributed by atoms with Gasteiger partial charge in [-0.25, -0.2) is 4.98 Å². The third-order valence-electron chi connectivity index (χ3n) is 6.34. The molecule has 0 saturated heterocycles. The van der Waals surface area contributed by atoms with Gasteiger partial charge in [-0.15, -0.1) is 0 Å². The smallest absolute Gasteiger partial charge is 0.274 e. The van der Waals surface area contributed by atoms with Crippen molar-refractivity contribution in [1.29, 1.82) is 0 Å². The predicted octanol–water partition coefficient (Wildman–Crippen LogP) is 4.54. The van der Waals surface area contributed by atoms with E-state index in [1.54, 1.807) is 32.9 Å². The van der Waals surface area contributed by atoms with Gasteiger partial charge in [0.1, 0.15) is 11.5 Å². The number of hydrogen-bond acceptors (Lipinski definition) is 5. The molecule has 0 spiro atoms. The molecule has 1 fully saturated rings. The van der Waals surface area contributed by atoms with Gasteiger partial charge >= 0.3 is 0 Å². The maximum atomic E-state index is 12.8. The van der Waals surface area contributed by atoms with E-state index >= 15 is 0 Å². The fourth-order valence-corrected chi connectivity index (χ4v) is 4.49. The number of carbonyl (C=O) groups is 2. The molecule has 4 rings (SSSR count). The molecule has 0 bridgehead atoms. The highest BCUT2D eigenvalue weighted by Gasteiger charge is 2.27. The average molecular weight is 435 g/mol. The lowest BCUT2D eigenvalue weighted by Gasteiger charge is -2.27. The van der Waals surface area contributed by atoms with Crippen LogP contribution in [0.5, 0.6) is 0 Å². The third-order valence-corrected chi connectivity index (χ3v) is 6.34. The van der Waals surface area contributed by atoms with Crippen LogP contribution in [0.3, 0.4) is 0 Å². The Hall–Kier alpha value is -3.06. The molecule has 0 unspecified atom stereocenters. The molecule has 2 heterocycles. The molecule has 1 aliphatic rings. The molecule has 1 aliphatic carbocycles. The number of nitrogens with one attached hydrogen (secondary N) is 1. The number of Topliss-reactive ketones (excluding diaryl/α,β-unsaturated/α-hetero) is 1. The summed E-state index contributed by atoms with van der Waals surface area (Å²) in [5, 5.41) is 19.3. The minimum Gasteiger partial charge on any atom is -0.386 e. The molecule has 2 aromatic heterocycles. The van der Waals surface area contributed by atoms with Crippen molar-refractivity contribution in [1.82, 2.24) is 14.8 Å². The molecule has 0 radical (unpaired) electrons. The van der Waals surface area contributed by atoms with Gasteiger partial charge in [-0.05, 0) is 77.6 Å². The van der Waals surface area contributed by atoms with E-state index in [0.29, 0.717) is 16.9 Å². The number of carbonyl (C=O) groups excluding carboxylic acids is 2. The van der Waals surface area contributed by atoms with E-state index in [4.69, 9.17) is 5.10 Å². The number of ketones is 1. The van der Waals surface area contributed by atoms with Crippen molar-refractivity contribution in [3.8, 4) is 0 Å². The van der Waals surface area contributed by atoms with Crippen LogP contribution in [0, 0.1) is 12.8 Å². The van der Waals surface area contributed by atoms with Gasteiger partial charge in [0.25, 0.3) is 5.91 Å². The van der Waals surface area contributed by atoms with Crippen LogP contribution in [0.4, 0.5) is 5.69 Å². The van der Waals surface area contributed by atoms with Crippen molar-refractivity contribution in [3.05, 3.63) is 53.5 Å². The lowest BCUT2D eigenvalue weighted by molar-refractivity contribution is -0.121. The highest BCUT2D eigenvalue weighted by molar-refractivity contribution is 6.04. The van der Waals surface area contributed by atoms with Crippen molar-refractivity contribution < 1.29 is 14.7 Å². The van der Waals surface area contributed by atoms with Crippen molar-refractivity contribution in [2.45, 2.75) is 65.0 Å². The van der Waals surface area contributed by atoms with Crippen molar-refractivity contribution in [3.63, 3.8) is 0 Å². The average Bonchev–Trinajstić information content (AvgIpc) is 3.15. The summed E-state index contributed by atoms with van der Waals surface area (Å²) in [5.41, 5.74) is 1.82. The summed E-state index contributed by atoms with van der Waals surface area (Å²) < 4.78 is 1.98. The fourth-order valence-electron chi connectivity index (χ4n) is 4.49. The minimum absolute atomic E-state index is 0.162. The minimum atomic E-state index is -1.17. The van der Waals surface area contributed by atoms with Gasteiger partial charge in [-0.3, -0.25) is 14.3 Å². The van der Waals surface area contributed by atoms with E-state index in [1.165, 1.54) is 0 Å². The lowest BCUT2D eigenvalue weighted by atomic mass is 9.84. The number of aromatic nitrogens is 3.